The van der Waals surface area contributed by atoms with Crippen molar-refractivity contribution >= 4 is 17.5 Å². The third kappa shape index (κ3) is 3.81. The Labute approximate surface area is 129 Å². The number of hydrogen-bond donors (Lipinski definition) is 2. The number of benzene rings is 1. The molecule has 0 aromatic heterocycles. The molecule has 2 nitrogen and oxygen atoms in total. The van der Waals surface area contributed by atoms with Gasteiger partial charge >= 0.3 is 0 Å². The van der Waals surface area contributed by atoms with Gasteiger partial charge in [-0.3, -0.25) is 0 Å². The second kappa shape index (κ2) is 7.02. The summed E-state index contributed by atoms with van der Waals surface area (Å²) in [6.07, 6.45) is 15.1. The van der Waals surface area contributed by atoms with Crippen molar-refractivity contribution in [1.82, 2.24) is 0 Å². The summed E-state index contributed by atoms with van der Waals surface area (Å²) in [6, 6.07) is 8.13. The van der Waals surface area contributed by atoms with Gasteiger partial charge in [-0.2, -0.15) is 0 Å². The first-order valence-corrected chi connectivity index (χ1v) is 8.65. The highest BCUT2D eigenvalue weighted by Gasteiger charge is 2.17. The highest BCUT2D eigenvalue weighted by Crippen LogP contribution is 2.29. The second-order valence-corrected chi connectivity index (χ2v) is 6.55. The van der Waals surface area contributed by atoms with Gasteiger partial charge in [0, 0.05) is 23.5 Å². The van der Waals surface area contributed by atoms with E-state index in [2.05, 4.69) is 47.9 Å². The summed E-state index contributed by atoms with van der Waals surface area (Å²) in [5.41, 5.74) is 3.88. The Morgan fingerprint density at radius 1 is 0.905 bits per heavy atom. The number of hydrogen-bond acceptors (Lipinski definition) is 2. The molecule has 2 fully saturated rings. The van der Waals surface area contributed by atoms with E-state index in [-0.39, 0.29) is 0 Å². The largest absolute Gasteiger partial charge is 0.382 e. The third-order valence-electron chi connectivity index (χ3n) is 4.84. The van der Waals surface area contributed by atoms with Crippen LogP contribution in [0.3, 0.4) is 0 Å². The van der Waals surface area contributed by atoms with Crippen LogP contribution >= 0.6 is 0 Å². The topological polar surface area (TPSA) is 24.1 Å². The molecule has 0 aliphatic heterocycles. The molecule has 0 radical (unpaired) electrons. The Balaban J connectivity index is 1.75. The van der Waals surface area contributed by atoms with Gasteiger partial charge in [0.15, 0.2) is 0 Å². The molecule has 0 spiro atoms. The van der Waals surface area contributed by atoms with E-state index in [0.717, 1.165) is 0 Å². The first-order valence-electron chi connectivity index (χ1n) is 8.65. The molecule has 0 bridgehead atoms. The van der Waals surface area contributed by atoms with Crippen molar-refractivity contribution in [1.29, 1.82) is 0 Å². The molecule has 1 aromatic rings. The summed E-state index contributed by atoms with van der Waals surface area (Å²) in [5.74, 6) is 0. The van der Waals surface area contributed by atoms with Crippen molar-refractivity contribution in [2.45, 2.75) is 70.4 Å². The van der Waals surface area contributed by atoms with Crippen LogP contribution in [0.1, 0.15) is 63.9 Å². The first-order chi connectivity index (χ1) is 10.3. The molecule has 2 aliphatic rings. The van der Waals surface area contributed by atoms with E-state index in [1.54, 1.807) is 0 Å². The molecule has 0 atom stereocenters. The number of allylic oxidation sites excluding steroid dienone is 1. The highest BCUT2D eigenvalue weighted by atomic mass is 14.9. The fraction of sp³-hybridized carbons (Fsp3) is 0.579. The van der Waals surface area contributed by atoms with E-state index >= 15 is 0 Å². The molecule has 0 amide bonds. The predicted molar refractivity (Wildman–Crippen MR) is 92.9 cm³/mol. The molecule has 2 heteroatoms. The van der Waals surface area contributed by atoms with Crippen LogP contribution in [0.2, 0.25) is 0 Å². The van der Waals surface area contributed by atoms with Gasteiger partial charge in [-0.25, -0.2) is 0 Å². The fourth-order valence-corrected chi connectivity index (χ4v) is 3.69. The van der Waals surface area contributed by atoms with E-state index in [0.29, 0.717) is 12.1 Å². The summed E-state index contributed by atoms with van der Waals surface area (Å²) in [7, 11) is 0. The van der Waals surface area contributed by atoms with Gasteiger partial charge in [0.1, 0.15) is 0 Å². The van der Waals surface area contributed by atoms with Crippen LogP contribution in [-0.4, -0.2) is 12.1 Å². The summed E-state index contributed by atoms with van der Waals surface area (Å²) < 4.78 is 0. The summed E-state index contributed by atoms with van der Waals surface area (Å²) in [5, 5.41) is 7.48. The van der Waals surface area contributed by atoms with E-state index < -0.39 is 0 Å². The van der Waals surface area contributed by atoms with Crippen LogP contribution < -0.4 is 10.6 Å². The predicted octanol–water partition coefficient (Wildman–Crippen LogP) is 5.43. The molecular formula is C19H28N2. The highest BCUT2D eigenvalue weighted by molar-refractivity contribution is 5.71. The summed E-state index contributed by atoms with van der Waals surface area (Å²) in [4.78, 5) is 0. The van der Waals surface area contributed by atoms with Gasteiger partial charge in [-0.15, -0.1) is 0 Å². The lowest BCUT2D eigenvalue weighted by molar-refractivity contribution is 0.751. The lowest BCUT2D eigenvalue weighted by atomic mass is 10.1. The van der Waals surface area contributed by atoms with Crippen LogP contribution in [-0.2, 0) is 0 Å². The Hall–Kier alpha value is -1.44. The summed E-state index contributed by atoms with van der Waals surface area (Å²) >= 11 is 0. The molecule has 0 unspecified atom stereocenters. The lowest BCUT2D eigenvalue weighted by Gasteiger charge is -2.19. The van der Waals surface area contributed by atoms with Crippen LogP contribution in [0.4, 0.5) is 11.4 Å². The quantitative estimate of drug-likeness (QED) is 0.753. The van der Waals surface area contributed by atoms with Gasteiger partial charge in [0.05, 0.1) is 0 Å². The average molecular weight is 284 g/mol. The molecule has 114 valence electrons. The Morgan fingerprint density at radius 2 is 1.52 bits per heavy atom. The van der Waals surface area contributed by atoms with Crippen LogP contribution in [0.15, 0.2) is 24.3 Å². The van der Waals surface area contributed by atoms with Crippen molar-refractivity contribution in [3.05, 3.63) is 29.8 Å². The minimum absolute atomic E-state index is 0.663. The van der Waals surface area contributed by atoms with Gasteiger partial charge < -0.3 is 10.6 Å². The molecule has 3 rings (SSSR count). The van der Waals surface area contributed by atoms with Crippen LogP contribution in [0, 0.1) is 0 Å². The molecule has 0 heterocycles. The second-order valence-electron chi connectivity index (χ2n) is 6.55. The minimum Gasteiger partial charge on any atom is -0.382 e. The summed E-state index contributed by atoms with van der Waals surface area (Å²) in [6.45, 7) is 2.09. The molecule has 2 saturated carbocycles. The van der Waals surface area contributed by atoms with Gasteiger partial charge in [-0.05, 0) is 50.3 Å². The molecule has 2 N–H and O–H groups in total. The zero-order valence-electron chi connectivity index (χ0n) is 13.2. The number of anilines is 2. The molecule has 21 heavy (non-hydrogen) atoms. The van der Waals surface area contributed by atoms with Gasteiger partial charge in [-0.1, -0.05) is 43.9 Å². The Bertz CT molecular complexity index is 480. The van der Waals surface area contributed by atoms with Crippen LogP contribution in [0.5, 0.6) is 0 Å². The molecule has 1 aromatic carbocycles. The number of rotatable bonds is 5. The third-order valence-corrected chi connectivity index (χ3v) is 4.84. The standard InChI is InChI=1S/C19H28N2/c1-2-7-15-12-13-18(20-16-8-3-4-9-16)14-19(15)21-17-10-5-6-11-17/h2,7,12-14,16-17,20-21H,3-6,8-11H2,1H3. The monoisotopic (exact) mass is 284 g/mol. The lowest BCUT2D eigenvalue weighted by Crippen LogP contribution is -2.17. The fourth-order valence-electron chi connectivity index (χ4n) is 3.69. The SMILES string of the molecule is CC=Cc1ccc(NC2CCCC2)cc1NC1CCCC1. The average Bonchev–Trinajstić information content (AvgIpc) is 3.15. The van der Waals surface area contributed by atoms with Gasteiger partial charge in [0.2, 0.25) is 0 Å². The maximum atomic E-state index is 3.77. The molecular weight excluding hydrogens is 256 g/mol. The van der Waals surface area contributed by atoms with Crippen molar-refractivity contribution in [2.75, 3.05) is 10.6 Å². The molecule has 0 saturated heterocycles. The minimum atomic E-state index is 0.663. The van der Waals surface area contributed by atoms with Crippen molar-refractivity contribution in [3.8, 4) is 0 Å². The van der Waals surface area contributed by atoms with Crippen molar-refractivity contribution < 1.29 is 0 Å². The van der Waals surface area contributed by atoms with E-state index in [1.807, 2.05) is 0 Å². The smallest absolute Gasteiger partial charge is 0.0436 e. The zero-order chi connectivity index (χ0) is 14.5. The Morgan fingerprint density at radius 3 is 2.14 bits per heavy atom. The van der Waals surface area contributed by atoms with Gasteiger partial charge in [0.25, 0.3) is 0 Å². The maximum Gasteiger partial charge on any atom is 0.0436 e. The van der Waals surface area contributed by atoms with E-state index in [9.17, 15) is 0 Å². The van der Waals surface area contributed by atoms with Crippen LogP contribution in [0.25, 0.3) is 6.08 Å². The van der Waals surface area contributed by atoms with Crippen molar-refractivity contribution in [3.63, 3.8) is 0 Å². The first kappa shape index (κ1) is 14.5. The molecule has 2 aliphatic carbocycles. The van der Waals surface area contributed by atoms with E-state index in [4.69, 9.17) is 0 Å². The normalized spacial score (nSPS) is 20.4. The zero-order valence-corrected chi connectivity index (χ0v) is 13.2. The maximum absolute atomic E-state index is 3.77. The van der Waals surface area contributed by atoms with Crippen molar-refractivity contribution in [2.24, 2.45) is 0 Å². The number of nitrogens with one attached hydrogen (secondary N) is 2. The van der Waals surface area contributed by atoms with E-state index in [1.165, 1.54) is 68.3 Å². The Kier molecular flexibility index (Phi) is 4.84.